The SMILES string of the molecule is O=C1[C@H]2CCCN2C(=O)c2ccccc2N1Cc1cccc(Cl)c1. The molecule has 1 fully saturated rings. The molecule has 0 aliphatic carbocycles. The standard InChI is InChI=1S/C19H17ClN2O2/c20-14-6-3-5-13(11-14)12-22-16-8-2-1-7-15(16)18(23)21-10-4-9-17(21)19(22)24/h1-3,5-8,11,17H,4,9-10,12H2/t17-/m1/s1. The molecule has 0 saturated carbocycles. The number of halogens is 1. The fourth-order valence-electron chi connectivity index (χ4n) is 3.59. The van der Waals surface area contributed by atoms with E-state index in [9.17, 15) is 9.59 Å². The van der Waals surface area contributed by atoms with Gasteiger partial charge in [-0.15, -0.1) is 0 Å². The van der Waals surface area contributed by atoms with Crippen LogP contribution in [-0.4, -0.2) is 29.3 Å². The quantitative estimate of drug-likeness (QED) is 0.839. The van der Waals surface area contributed by atoms with Gasteiger partial charge < -0.3 is 9.80 Å². The highest BCUT2D eigenvalue weighted by Crippen LogP contribution is 2.33. The summed E-state index contributed by atoms with van der Waals surface area (Å²) in [5.41, 5.74) is 2.23. The molecule has 0 N–H and O–H groups in total. The number of nitrogens with zero attached hydrogens (tertiary/aromatic N) is 2. The van der Waals surface area contributed by atoms with Gasteiger partial charge in [0.15, 0.2) is 0 Å². The third-order valence-corrected chi connectivity index (χ3v) is 4.95. The van der Waals surface area contributed by atoms with Gasteiger partial charge in [-0.1, -0.05) is 35.9 Å². The van der Waals surface area contributed by atoms with E-state index in [1.54, 1.807) is 15.9 Å². The summed E-state index contributed by atoms with van der Waals surface area (Å²) in [5.74, 6) is -0.0548. The minimum atomic E-state index is -0.357. The number of carbonyl (C=O) groups excluding carboxylic acids is 2. The van der Waals surface area contributed by atoms with Gasteiger partial charge in [-0.05, 0) is 42.7 Å². The molecule has 2 aliphatic heterocycles. The predicted molar refractivity (Wildman–Crippen MR) is 93.1 cm³/mol. The second-order valence-corrected chi connectivity index (χ2v) is 6.66. The van der Waals surface area contributed by atoms with E-state index in [0.29, 0.717) is 29.4 Å². The third kappa shape index (κ3) is 2.47. The molecule has 2 aromatic rings. The van der Waals surface area contributed by atoms with Crippen molar-refractivity contribution >= 4 is 29.1 Å². The van der Waals surface area contributed by atoms with E-state index in [2.05, 4.69) is 0 Å². The summed E-state index contributed by atoms with van der Waals surface area (Å²) in [6, 6.07) is 14.5. The smallest absolute Gasteiger partial charge is 0.256 e. The van der Waals surface area contributed by atoms with Crippen LogP contribution in [0.25, 0.3) is 0 Å². The monoisotopic (exact) mass is 340 g/mol. The molecule has 2 aliphatic rings. The minimum absolute atomic E-state index is 0.00854. The van der Waals surface area contributed by atoms with Gasteiger partial charge in [-0.2, -0.15) is 0 Å². The van der Waals surface area contributed by atoms with E-state index < -0.39 is 0 Å². The van der Waals surface area contributed by atoms with Crippen molar-refractivity contribution in [2.75, 3.05) is 11.4 Å². The Morgan fingerprint density at radius 3 is 2.75 bits per heavy atom. The van der Waals surface area contributed by atoms with Gasteiger partial charge in [-0.3, -0.25) is 9.59 Å². The van der Waals surface area contributed by atoms with Crippen molar-refractivity contribution in [1.29, 1.82) is 0 Å². The van der Waals surface area contributed by atoms with Crippen LogP contribution in [0.4, 0.5) is 5.69 Å². The van der Waals surface area contributed by atoms with Crippen molar-refractivity contribution in [3.8, 4) is 0 Å². The number of amides is 2. The highest BCUT2D eigenvalue weighted by molar-refractivity contribution is 6.30. The topological polar surface area (TPSA) is 40.6 Å². The molecule has 0 radical (unpaired) electrons. The molecule has 0 bridgehead atoms. The number of para-hydroxylation sites is 1. The summed E-state index contributed by atoms with van der Waals surface area (Å²) in [6.07, 6.45) is 1.60. The molecule has 4 nitrogen and oxygen atoms in total. The van der Waals surface area contributed by atoms with Gasteiger partial charge in [0.25, 0.3) is 5.91 Å². The summed E-state index contributed by atoms with van der Waals surface area (Å²) in [4.78, 5) is 29.4. The summed E-state index contributed by atoms with van der Waals surface area (Å²) in [5, 5.41) is 0.640. The third-order valence-electron chi connectivity index (χ3n) is 4.72. The molecular weight excluding hydrogens is 324 g/mol. The number of hydrogen-bond acceptors (Lipinski definition) is 2. The van der Waals surface area contributed by atoms with E-state index in [-0.39, 0.29) is 17.9 Å². The van der Waals surface area contributed by atoms with E-state index in [1.807, 2.05) is 42.5 Å². The second kappa shape index (κ2) is 5.95. The Hall–Kier alpha value is -2.33. The van der Waals surface area contributed by atoms with Crippen LogP contribution in [0.2, 0.25) is 5.02 Å². The summed E-state index contributed by atoms with van der Waals surface area (Å²) < 4.78 is 0. The molecule has 2 aromatic carbocycles. The fourth-order valence-corrected chi connectivity index (χ4v) is 3.80. The van der Waals surface area contributed by atoms with Gasteiger partial charge in [0, 0.05) is 11.6 Å². The Balaban J connectivity index is 1.80. The van der Waals surface area contributed by atoms with Crippen LogP contribution < -0.4 is 4.90 Å². The van der Waals surface area contributed by atoms with Gasteiger partial charge in [-0.25, -0.2) is 0 Å². The molecule has 1 atom stereocenters. The summed E-state index contributed by atoms with van der Waals surface area (Å²) in [7, 11) is 0. The molecule has 4 rings (SSSR count). The van der Waals surface area contributed by atoms with E-state index in [4.69, 9.17) is 11.6 Å². The van der Waals surface area contributed by atoms with Crippen LogP contribution >= 0.6 is 11.6 Å². The maximum absolute atomic E-state index is 13.1. The van der Waals surface area contributed by atoms with Gasteiger partial charge in [0.2, 0.25) is 5.91 Å². The molecule has 122 valence electrons. The zero-order chi connectivity index (χ0) is 16.7. The lowest BCUT2D eigenvalue weighted by Gasteiger charge is -2.26. The Labute approximate surface area is 145 Å². The molecule has 24 heavy (non-hydrogen) atoms. The zero-order valence-electron chi connectivity index (χ0n) is 13.1. The normalized spacial score (nSPS) is 20.0. The number of carbonyl (C=O) groups is 2. The molecule has 5 heteroatoms. The molecular formula is C19H17ClN2O2. The van der Waals surface area contributed by atoms with Gasteiger partial charge >= 0.3 is 0 Å². The Kier molecular flexibility index (Phi) is 3.77. The first-order valence-corrected chi connectivity index (χ1v) is 8.49. The second-order valence-electron chi connectivity index (χ2n) is 6.23. The maximum Gasteiger partial charge on any atom is 0.256 e. The van der Waals surface area contributed by atoms with E-state index in [0.717, 1.165) is 18.4 Å². The van der Waals surface area contributed by atoms with Crippen LogP contribution in [0.15, 0.2) is 48.5 Å². The van der Waals surface area contributed by atoms with Crippen LogP contribution in [-0.2, 0) is 11.3 Å². The lowest BCUT2D eigenvalue weighted by atomic mass is 10.1. The van der Waals surface area contributed by atoms with Crippen molar-refractivity contribution in [3.05, 3.63) is 64.7 Å². The first-order valence-electron chi connectivity index (χ1n) is 8.11. The van der Waals surface area contributed by atoms with Gasteiger partial charge in [0.05, 0.1) is 17.8 Å². The average Bonchev–Trinajstić information content (AvgIpc) is 3.06. The molecule has 2 heterocycles. The number of rotatable bonds is 2. The first kappa shape index (κ1) is 15.2. The maximum atomic E-state index is 13.1. The summed E-state index contributed by atoms with van der Waals surface area (Å²) >= 11 is 6.08. The Bertz CT molecular complexity index is 821. The largest absolute Gasteiger partial charge is 0.327 e. The zero-order valence-corrected chi connectivity index (χ0v) is 13.9. The molecule has 1 saturated heterocycles. The van der Waals surface area contributed by atoms with Crippen molar-refractivity contribution < 1.29 is 9.59 Å². The number of anilines is 1. The molecule has 2 amide bonds. The van der Waals surface area contributed by atoms with Crippen molar-refractivity contribution in [2.45, 2.75) is 25.4 Å². The Morgan fingerprint density at radius 1 is 1.08 bits per heavy atom. The highest BCUT2D eigenvalue weighted by atomic mass is 35.5. The van der Waals surface area contributed by atoms with Crippen LogP contribution in [0.3, 0.4) is 0 Å². The number of benzene rings is 2. The van der Waals surface area contributed by atoms with Crippen molar-refractivity contribution in [2.24, 2.45) is 0 Å². The van der Waals surface area contributed by atoms with E-state index in [1.165, 1.54) is 0 Å². The first-order chi connectivity index (χ1) is 11.6. The fraction of sp³-hybridized carbons (Fsp3) is 0.263. The Morgan fingerprint density at radius 2 is 1.92 bits per heavy atom. The average molecular weight is 341 g/mol. The summed E-state index contributed by atoms with van der Waals surface area (Å²) in [6.45, 7) is 1.06. The lowest BCUT2D eigenvalue weighted by molar-refractivity contribution is -0.122. The van der Waals surface area contributed by atoms with Crippen LogP contribution in [0.1, 0.15) is 28.8 Å². The van der Waals surface area contributed by atoms with Crippen LogP contribution in [0, 0.1) is 0 Å². The van der Waals surface area contributed by atoms with Crippen LogP contribution in [0.5, 0.6) is 0 Å². The highest BCUT2D eigenvalue weighted by Gasteiger charge is 2.41. The predicted octanol–water partition coefficient (Wildman–Crippen LogP) is 3.49. The minimum Gasteiger partial charge on any atom is -0.327 e. The number of fused-ring (bicyclic) bond motifs is 2. The molecule has 0 spiro atoms. The van der Waals surface area contributed by atoms with Gasteiger partial charge in [0.1, 0.15) is 6.04 Å². The molecule has 0 aromatic heterocycles. The molecule has 0 unspecified atom stereocenters. The lowest BCUT2D eigenvalue weighted by Crippen LogP contribution is -2.44. The number of hydrogen-bond donors (Lipinski definition) is 0. The van der Waals surface area contributed by atoms with E-state index >= 15 is 0 Å². The van der Waals surface area contributed by atoms with Crippen molar-refractivity contribution in [3.63, 3.8) is 0 Å². The van der Waals surface area contributed by atoms with Crippen molar-refractivity contribution in [1.82, 2.24) is 4.90 Å².